The number of nitrogens with one attached hydrogen (secondary N) is 1. The third-order valence-corrected chi connectivity index (χ3v) is 3.68. The monoisotopic (exact) mass is 311 g/mol. The normalized spacial score (nSPS) is 10.2. The van der Waals surface area contributed by atoms with Gasteiger partial charge in [-0.15, -0.1) is 0 Å². The first-order chi connectivity index (χ1) is 11.1. The maximum Gasteiger partial charge on any atom is 0.339 e. The summed E-state index contributed by atoms with van der Waals surface area (Å²) in [6, 6.07) is 15.1. The Bertz CT molecular complexity index is 677. The Balaban J connectivity index is 1.95. The molecule has 2 aromatic rings. The molecule has 0 fully saturated rings. The number of benzene rings is 2. The van der Waals surface area contributed by atoms with Crippen LogP contribution in [-0.2, 0) is 22.4 Å². The van der Waals surface area contributed by atoms with Gasteiger partial charge in [0.1, 0.15) is 0 Å². The summed E-state index contributed by atoms with van der Waals surface area (Å²) in [5.41, 5.74) is 3.24. The third kappa shape index (κ3) is 4.68. The van der Waals surface area contributed by atoms with Gasteiger partial charge in [-0.05, 0) is 36.1 Å². The number of ether oxygens (including phenoxy) is 1. The molecule has 2 aromatic carbocycles. The largest absolute Gasteiger partial charge is 0.465 e. The van der Waals surface area contributed by atoms with E-state index in [4.69, 9.17) is 4.74 Å². The molecule has 4 nitrogen and oxygen atoms in total. The van der Waals surface area contributed by atoms with Gasteiger partial charge in [0.15, 0.2) is 0 Å². The lowest BCUT2D eigenvalue weighted by molar-refractivity contribution is -0.116. The van der Waals surface area contributed by atoms with Crippen molar-refractivity contribution in [3.05, 3.63) is 65.2 Å². The lowest BCUT2D eigenvalue weighted by Gasteiger charge is -2.09. The van der Waals surface area contributed by atoms with Crippen LogP contribution in [-0.4, -0.2) is 19.0 Å². The van der Waals surface area contributed by atoms with Crippen molar-refractivity contribution in [3.63, 3.8) is 0 Å². The first kappa shape index (κ1) is 16.7. The lowest BCUT2D eigenvalue weighted by Crippen LogP contribution is -2.15. The number of carbonyl (C=O) groups excluding carboxylic acids is 2. The minimum atomic E-state index is -0.462. The van der Waals surface area contributed by atoms with Crippen LogP contribution in [0.3, 0.4) is 0 Å². The zero-order chi connectivity index (χ0) is 16.7. The van der Waals surface area contributed by atoms with Crippen LogP contribution in [0.2, 0.25) is 0 Å². The molecule has 0 radical (unpaired) electrons. The van der Waals surface area contributed by atoms with Crippen LogP contribution in [0.4, 0.5) is 5.69 Å². The highest BCUT2D eigenvalue weighted by Gasteiger charge is 2.13. The smallest absolute Gasteiger partial charge is 0.339 e. The quantitative estimate of drug-likeness (QED) is 0.829. The molecule has 0 aromatic heterocycles. The van der Waals surface area contributed by atoms with Gasteiger partial charge in [0.05, 0.1) is 18.4 Å². The first-order valence-electron chi connectivity index (χ1n) is 7.69. The van der Waals surface area contributed by atoms with Crippen molar-refractivity contribution < 1.29 is 14.3 Å². The fraction of sp³-hybridized carbons (Fsp3) is 0.263. The van der Waals surface area contributed by atoms with Gasteiger partial charge >= 0.3 is 5.97 Å². The van der Waals surface area contributed by atoms with Gasteiger partial charge in [0.25, 0.3) is 0 Å². The van der Waals surface area contributed by atoms with E-state index in [1.165, 1.54) is 12.7 Å². The lowest BCUT2D eigenvalue weighted by atomic mass is 10.1. The Morgan fingerprint density at radius 3 is 2.30 bits per heavy atom. The molecule has 0 aliphatic heterocycles. The number of esters is 1. The Morgan fingerprint density at radius 1 is 1.00 bits per heavy atom. The second kappa shape index (κ2) is 8.13. The molecule has 1 amide bonds. The molecule has 120 valence electrons. The highest BCUT2D eigenvalue weighted by molar-refractivity contribution is 6.01. The van der Waals surface area contributed by atoms with E-state index >= 15 is 0 Å². The predicted octanol–water partition coefficient (Wildman–Crippen LogP) is 3.61. The molecule has 0 saturated heterocycles. The van der Waals surface area contributed by atoms with E-state index in [1.807, 2.05) is 0 Å². The number of rotatable bonds is 6. The van der Waals surface area contributed by atoms with E-state index < -0.39 is 5.97 Å². The Labute approximate surface area is 136 Å². The first-order valence-corrected chi connectivity index (χ1v) is 7.69. The van der Waals surface area contributed by atoms with Crippen molar-refractivity contribution in [1.82, 2.24) is 0 Å². The minimum Gasteiger partial charge on any atom is -0.465 e. The Kier molecular flexibility index (Phi) is 5.92. The number of carbonyl (C=O) groups is 2. The number of hydrogen-bond acceptors (Lipinski definition) is 3. The maximum atomic E-state index is 12.1. The van der Waals surface area contributed by atoms with Crippen molar-refractivity contribution in [3.8, 4) is 0 Å². The number of anilines is 1. The summed E-state index contributed by atoms with van der Waals surface area (Å²) in [7, 11) is 1.32. The van der Waals surface area contributed by atoms with E-state index in [0.29, 0.717) is 24.1 Å². The number of hydrogen-bond donors (Lipinski definition) is 1. The van der Waals surface area contributed by atoms with Crippen LogP contribution in [0.1, 0.15) is 34.8 Å². The molecule has 2 rings (SSSR count). The van der Waals surface area contributed by atoms with E-state index in [1.54, 1.807) is 24.3 Å². The third-order valence-electron chi connectivity index (χ3n) is 3.68. The van der Waals surface area contributed by atoms with Crippen LogP contribution < -0.4 is 5.32 Å². The molecule has 0 atom stereocenters. The summed E-state index contributed by atoms with van der Waals surface area (Å²) in [4.78, 5) is 23.8. The average molecular weight is 311 g/mol. The molecular weight excluding hydrogens is 290 g/mol. The van der Waals surface area contributed by atoms with Crippen LogP contribution in [0.5, 0.6) is 0 Å². The van der Waals surface area contributed by atoms with E-state index in [2.05, 4.69) is 36.5 Å². The van der Waals surface area contributed by atoms with Crippen LogP contribution in [0.25, 0.3) is 0 Å². The number of para-hydroxylation sites is 1. The molecule has 0 saturated carbocycles. The molecule has 0 aliphatic carbocycles. The van der Waals surface area contributed by atoms with Gasteiger partial charge in [0.2, 0.25) is 5.91 Å². The number of aryl methyl sites for hydroxylation is 2. The van der Waals surface area contributed by atoms with Crippen molar-refractivity contribution in [2.45, 2.75) is 26.2 Å². The van der Waals surface area contributed by atoms with Crippen LogP contribution in [0, 0.1) is 0 Å². The molecule has 0 spiro atoms. The standard InChI is InChI=1S/C19H21NO3/c1-3-14-8-10-15(11-9-14)12-13-18(21)20-17-7-5-4-6-16(17)19(22)23-2/h4-11H,3,12-13H2,1-2H3,(H,20,21). The highest BCUT2D eigenvalue weighted by Crippen LogP contribution is 2.16. The molecule has 4 heteroatoms. The van der Waals surface area contributed by atoms with Gasteiger partial charge in [-0.2, -0.15) is 0 Å². The van der Waals surface area contributed by atoms with E-state index in [-0.39, 0.29) is 5.91 Å². The predicted molar refractivity (Wildman–Crippen MR) is 90.6 cm³/mol. The van der Waals surface area contributed by atoms with Crippen molar-refractivity contribution in [2.24, 2.45) is 0 Å². The summed E-state index contributed by atoms with van der Waals surface area (Å²) >= 11 is 0. The Morgan fingerprint density at radius 2 is 1.65 bits per heavy atom. The topological polar surface area (TPSA) is 55.4 Å². The maximum absolute atomic E-state index is 12.1. The van der Waals surface area contributed by atoms with E-state index in [9.17, 15) is 9.59 Å². The average Bonchev–Trinajstić information content (AvgIpc) is 2.60. The summed E-state index contributed by atoms with van der Waals surface area (Å²) in [6.07, 6.45) is 2.03. The van der Waals surface area contributed by atoms with Gasteiger partial charge < -0.3 is 10.1 Å². The van der Waals surface area contributed by atoms with Gasteiger partial charge in [-0.1, -0.05) is 43.3 Å². The fourth-order valence-electron chi connectivity index (χ4n) is 2.29. The van der Waals surface area contributed by atoms with Crippen molar-refractivity contribution in [2.75, 3.05) is 12.4 Å². The molecule has 0 unspecified atom stereocenters. The van der Waals surface area contributed by atoms with Crippen LogP contribution >= 0.6 is 0 Å². The molecule has 0 aliphatic rings. The van der Waals surface area contributed by atoms with Gasteiger partial charge in [-0.25, -0.2) is 4.79 Å². The zero-order valence-corrected chi connectivity index (χ0v) is 13.5. The number of amides is 1. The fourth-order valence-corrected chi connectivity index (χ4v) is 2.29. The van der Waals surface area contributed by atoms with Crippen molar-refractivity contribution in [1.29, 1.82) is 0 Å². The second-order valence-electron chi connectivity index (χ2n) is 5.26. The van der Waals surface area contributed by atoms with Gasteiger partial charge in [-0.3, -0.25) is 4.79 Å². The molecule has 0 heterocycles. The summed E-state index contributed by atoms with van der Waals surface area (Å²) in [5, 5.41) is 2.78. The zero-order valence-electron chi connectivity index (χ0n) is 13.5. The minimum absolute atomic E-state index is 0.124. The van der Waals surface area contributed by atoms with Crippen molar-refractivity contribution >= 4 is 17.6 Å². The molecule has 23 heavy (non-hydrogen) atoms. The molecular formula is C19H21NO3. The van der Waals surface area contributed by atoms with Crippen LogP contribution in [0.15, 0.2) is 48.5 Å². The van der Waals surface area contributed by atoms with E-state index in [0.717, 1.165) is 12.0 Å². The summed E-state index contributed by atoms with van der Waals surface area (Å²) in [5.74, 6) is -0.586. The number of methoxy groups -OCH3 is 1. The highest BCUT2D eigenvalue weighted by atomic mass is 16.5. The van der Waals surface area contributed by atoms with Gasteiger partial charge in [0, 0.05) is 6.42 Å². The summed E-state index contributed by atoms with van der Waals surface area (Å²) < 4.78 is 4.72. The second-order valence-corrected chi connectivity index (χ2v) is 5.26. The molecule has 1 N–H and O–H groups in total. The molecule has 0 bridgehead atoms. The Hall–Kier alpha value is -2.62. The summed E-state index contributed by atoms with van der Waals surface area (Å²) in [6.45, 7) is 2.11. The SMILES string of the molecule is CCc1ccc(CCC(=O)Nc2ccccc2C(=O)OC)cc1.